The van der Waals surface area contributed by atoms with E-state index in [1.165, 1.54) is 6.33 Å². The molecule has 0 fully saturated rings. The summed E-state index contributed by atoms with van der Waals surface area (Å²) in [6, 6.07) is 7.82. The van der Waals surface area contributed by atoms with Crippen LogP contribution in [0.15, 0.2) is 43.1 Å². The smallest absolute Gasteiger partial charge is 0.138 e. The maximum atomic E-state index is 10.9. The number of aliphatic hydroxyl groups is 1. The highest BCUT2D eigenvalue weighted by Crippen LogP contribution is 2.28. The predicted octanol–water partition coefficient (Wildman–Crippen LogP) is 3.61. The third-order valence-corrected chi connectivity index (χ3v) is 5.43. The molecule has 0 aliphatic heterocycles. The van der Waals surface area contributed by atoms with E-state index in [4.69, 9.17) is 14.2 Å². The van der Waals surface area contributed by atoms with E-state index in [0.29, 0.717) is 38.7 Å². The van der Waals surface area contributed by atoms with Crippen molar-refractivity contribution in [3.8, 4) is 5.69 Å². The summed E-state index contributed by atoms with van der Waals surface area (Å²) in [5.41, 5.74) is 2.83. The van der Waals surface area contributed by atoms with E-state index < -0.39 is 6.10 Å². The van der Waals surface area contributed by atoms with Gasteiger partial charge in [0.25, 0.3) is 0 Å². The summed E-state index contributed by atoms with van der Waals surface area (Å²) in [6.45, 7) is 11.4. The van der Waals surface area contributed by atoms with E-state index in [1.54, 1.807) is 15.7 Å². The number of hydrogen-bond donors (Lipinski definition) is 1. The van der Waals surface area contributed by atoms with Crippen LogP contribution in [-0.4, -0.2) is 74.0 Å². The Morgan fingerprint density at radius 3 is 2.36 bits per heavy atom. The highest BCUT2D eigenvalue weighted by Gasteiger charge is 2.27. The number of benzene rings is 1. The molecule has 1 N–H and O–H groups in total. The van der Waals surface area contributed by atoms with Crippen molar-refractivity contribution in [3.63, 3.8) is 0 Å². The molecule has 0 saturated heterocycles. The van der Waals surface area contributed by atoms with Crippen LogP contribution >= 0.6 is 0 Å². The summed E-state index contributed by atoms with van der Waals surface area (Å²) in [5.74, 6) is 0. The second kappa shape index (κ2) is 14.0. The first-order valence-electron chi connectivity index (χ1n) is 12.4. The van der Waals surface area contributed by atoms with Crippen LogP contribution in [0, 0.1) is 5.41 Å². The quantitative estimate of drug-likeness (QED) is 0.317. The summed E-state index contributed by atoms with van der Waals surface area (Å²) in [7, 11) is 0. The first kappa shape index (κ1) is 27.7. The zero-order chi connectivity index (χ0) is 25.8. The molecule has 0 aliphatic rings. The maximum Gasteiger partial charge on any atom is 0.138 e. The lowest BCUT2D eigenvalue weighted by Crippen LogP contribution is -2.29. The molecule has 10 heteroatoms. The van der Waals surface area contributed by atoms with Gasteiger partial charge in [-0.15, -0.1) is 5.10 Å². The minimum Gasteiger partial charge on any atom is -0.386 e. The van der Waals surface area contributed by atoms with Crippen LogP contribution in [0.4, 0.5) is 0 Å². The van der Waals surface area contributed by atoms with Crippen molar-refractivity contribution in [2.24, 2.45) is 5.41 Å². The molecule has 196 valence electrons. The molecule has 0 spiro atoms. The summed E-state index contributed by atoms with van der Waals surface area (Å²) < 4.78 is 19.9. The van der Waals surface area contributed by atoms with Crippen molar-refractivity contribution >= 4 is 11.8 Å². The number of aliphatic hydroxyl groups excluding tert-OH is 1. The topological polar surface area (TPSA) is 109 Å². The summed E-state index contributed by atoms with van der Waals surface area (Å²) in [6.07, 6.45) is 8.29. The minimum atomic E-state index is -0.721. The highest BCUT2D eigenvalue weighted by molar-refractivity contribution is 5.73. The van der Waals surface area contributed by atoms with E-state index in [-0.39, 0.29) is 5.41 Å². The molecule has 1 atom stereocenters. The molecular weight excluding hydrogens is 460 g/mol. The van der Waals surface area contributed by atoms with Gasteiger partial charge in [0, 0.05) is 6.61 Å². The zero-order valence-corrected chi connectivity index (χ0v) is 21.7. The van der Waals surface area contributed by atoms with Crippen LogP contribution in [0.5, 0.6) is 0 Å². The summed E-state index contributed by atoms with van der Waals surface area (Å²) in [4.78, 5) is 4.02. The lowest BCUT2D eigenvalue weighted by atomic mass is 9.86. The molecule has 0 radical (unpaired) electrons. The lowest BCUT2D eigenvalue weighted by Gasteiger charge is -2.28. The van der Waals surface area contributed by atoms with Crippen LogP contribution in [0.3, 0.4) is 0 Å². The van der Waals surface area contributed by atoms with E-state index in [9.17, 15) is 5.11 Å². The Hall–Kier alpha value is -2.92. The molecule has 3 rings (SSSR count). The van der Waals surface area contributed by atoms with Gasteiger partial charge in [0.1, 0.15) is 24.5 Å². The van der Waals surface area contributed by atoms with Crippen molar-refractivity contribution in [1.29, 1.82) is 0 Å². The maximum absolute atomic E-state index is 10.9. The largest absolute Gasteiger partial charge is 0.386 e. The van der Waals surface area contributed by atoms with Crippen LogP contribution in [-0.2, 0) is 20.8 Å². The van der Waals surface area contributed by atoms with E-state index in [1.807, 2.05) is 57.3 Å². The van der Waals surface area contributed by atoms with Crippen molar-refractivity contribution in [1.82, 2.24) is 29.8 Å². The fourth-order valence-electron chi connectivity index (χ4n) is 3.30. The normalized spacial score (nSPS) is 13.3. The Balaban J connectivity index is 1.50. The van der Waals surface area contributed by atoms with Gasteiger partial charge in [-0.3, -0.25) is 0 Å². The molecule has 36 heavy (non-hydrogen) atoms. The number of rotatable bonds is 15. The second-order valence-electron chi connectivity index (χ2n) is 9.55. The lowest BCUT2D eigenvalue weighted by molar-refractivity contribution is 0.00964. The van der Waals surface area contributed by atoms with Gasteiger partial charge in [-0.05, 0) is 35.6 Å². The number of aromatic nitrogens is 6. The molecule has 10 nitrogen and oxygen atoms in total. The Kier molecular flexibility index (Phi) is 10.7. The van der Waals surface area contributed by atoms with Crippen LogP contribution < -0.4 is 0 Å². The predicted molar refractivity (Wildman–Crippen MR) is 137 cm³/mol. The average Bonchev–Trinajstić information content (AvgIpc) is 3.56. The third kappa shape index (κ3) is 8.63. The Bertz CT molecular complexity index is 1040. The molecule has 1 unspecified atom stereocenters. The summed E-state index contributed by atoms with van der Waals surface area (Å²) >= 11 is 0. The standard InChI is InChI=1S/C26H38N6O4/c1-5-6-11-34-12-13-35-14-15-36-18-22-17-31(30-29-22)23-9-7-21(8-10-23)16-24(25(33)26(2,3)4)32-20-27-19-28-32/h7-10,16-17,19-20,25,33H,5-6,11-15,18H2,1-4H3/b24-16-. The molecule has 0 amide bonds. The van der Waals surface area contributed by atoms with Gasteiger partial charge in [0.05, 0.1) is 50.6 Å². The number of nitrogens with zero attached hydrogens (tertiary/aromatic N) is 6. The van der Waals surface area contributed by atoms with Gasteiger partial charge in [0.2, 0.25) is 0 Å². The molecular formula is C26H38N6O4. The van der Waals surface area contributed by atoms with Gasteiger partial charge in [-0.1, -0.05) is 51.5 Å². The Labute approximate surface area is 212 Å². The molecule has 2 heterocycles. The van der Waals surface area contributed by atoms with E-state index in [2.05, 4.69) is 27.3 Å². The fourth-order valence-corrected chi connectivity index (χ4v) is 3.30. The zero-order valence-electron chi connectivity index (χ0n) is 21.7. The molecule has 0 saturated carbocycles. The van der Waals surface area contributed by atoms with Crippen LogP contribution in [0.25, 0.3) is 17.5 Å². The number of ether oxygens (including phenoxy) is 3. The van der Waals surface area contributed by atoms with Gasteiger partial charge >= 0.3 is 0 Å². The number of unbranched alkanes of at least 4 members (excludes halogenated alkanes) is 1. The van der Waals surface area contributed by atoms with Crippen molar-refractivity contribution in [2.75, 3.05) is 33.0 Å². The van der Waals surface area contributed by atoms with Gasteiger partial charge in [-0.25, -0.2) is 14.3 Å². The highest BCUT2D eigenvalue weighted by atomic mass is 16.5. The fraction of sp³-hybridized carbons (Fsp3) is 0.538. The first-order valence-corrected chi connectivity index (χ1v) is 12.4. The minimum absolute atomic E-state index is 0.355. The Morgan fingerprint density at radius 2 is 1.72 bits per heavy atom. The monoisotopic (exact) mass is 498 g/mol. The first-order chi connectivity index (χ1) is 17.4. The van der Waals surface area contributed by atoms with Crippen molar-refractivity contribution in [2.45, 2.75) is 53.2 Å². The van der Waals surface area contributed by atoms with Crippen LogP contribution in [0.1, 0.15) is 51.8 Å². The van der Waals surface area contributed by atoms with Crippen molar-refractivity contribution in [3.05, 3.63) is 54.4 Å². The third-order valence-electron chi connectivity index (χ3n) is 5.43. The Morgan fingerprint density at radius 1 is 1.03 bits per heavy atom. The van der Waals surface area contributed by atoms with Gasteiger partial charge in [0.15, 0.2) is 0 Å². The number of hydrogen-bond acceptors (Lipinski definition) is 8. The van der Waals surface area contributed by atoms with Crippen molar-refractivity contribution < 1.29 is 19.3 Å². The van der Waals surface area contributed by atoms with Crippen LogP contribution in [0.2, 0.25) is 0 Å². The molecule has 2 aromatic heterocycles. The SMILES string of the molecule is CCCCOCCOCCOCc1cn(-c2ccc(/C=C(/C(O)C(C)(C)C)n3cncn3)cc2)nn1. The van der Waals surface area contributed by atoms with E-state index in [0.717, 1.165) is 36.4 Å². The second-order valence-corrected chi connectivity index (χ2v) is 9.55. The molecule has 3 aromatic rings. The summed E-state index contributed by atoms with van der Waals surface area (Å²) in [5, 5.41) is 23.5. The van der Waals surface area contributed by atoms with Gasteiger partial charge in [-0.2, -0.15) is 5.10 Å². The molecule has 1 aromatic carbocycles. The van der Waals surface area contributed by atoms with Gasteiger partial charge < -0.3 is 19.3 Å². The molecule has 0 aliphatic carbocycles. The average molecular weight is 499 g/mol. The molecule has 0 bridgehead atoms. The van der Waals surface area contributed by atoms with E-state index >= 15 is 0 Å².